The smallest absolute Gasteiger partial charge is 0.412 e. The van der Waals surface area contributed by atoms with Crippen molar-refractivity contribution in [2.75, 3.05) is 5.32 Å². The van der Waals surface area contributed by atoms with Gasteiger partial charge in [0.05, 0.1) is 0 Å². The number of hydrogen-bond acceptors (Lipinski definition) is 4. The Bertz CT molecular complexity index is 425. The number of carbonyl (C=O) groups is 1. The van der Waals surface area contributed by atoms with Gasteiger partial charge in [0.1, 0.15) is 5.60 Å². The molecule has 0 bridgehead atoms. The van der Waals surface area contributed by atoms with Gasteiger partial charge in [0.2, 0.25) is 0 Å². The van der Waals surface area contributed by atoms with Gasteiger partial charge in [-0.1, -0.05) is 12.1 Å². The van der Waals surface area contributed by atoms with Crippen molar-refractivity contribution in [2.45, 2.75) is 39.8 Å². The van der Waals surface area contributed by atoms with Gasteiger partial charge in [-0.15, -0.1) is 0 Å². The van der Waals surface area contributed by atoms with E-state index < -0.39 is 11.7 Å². The van der Waals surface area contributed by atoms with Gasteiger partial charge >= 0.3 is 6.09 Å². The summed E-state index contributed by atoms with van der Waals surface area (Å²) in [6, 6.07) is 5.54. The summed E-state index contributed by atoms with van der Waals surface area (Å²) in [4.78, 5) is 11.7. The van der Waals surface area contributed by atoms with Gasteiger partial charge in [-0.25, -0.2) is 10.3 Å². The zero-order valence-corrected chi connectivity index (χ0v) is 11.2. The molecular weight excluding hydrogens is 232 g/mol. The van der Waals surface area contributed by atoms with E-state index in [-0.39, 0.29) is 0 Å². The first-order valence-corrected chi connectivity index (χ1v) is 5.78. The van der Waals surface area contributed by atoms with Crippen molar-refractivity contribution < 1.29 is 14.7 Å². The molecule has 1 aromatic rings. The molecule has 18 heavy (non-hydrogen) atoms. The third kappa shape index (κ3) is 4.73. The molecule has 1 amide bonds. The van der Waals surface area contributed by atoms with E-state index in [1.54, 1.807) is 6.07 Å². The number of nitrogens with one attached hydrogen (secondary N) is 2. The number of amides is 1. The summed E-state index contributed by atoms with van der Waals surface area (Å²) in [7, 11) is 0. The third-order valence-corrected chi connectivity index (χ3v) is 2.22. The van der Waals surface area contributed by atoms with E-state index in [0.717, 1.165) is 11.1 Å². The highest BCUT2D eigenvalue weighted by Crippen LogP contribution is 2.18. The van der Waals surface area contributed by atoms with E-state index in [4.69, 9.17) is 9.94 Å². The number of rotatable bonds is 3. The van der Waals surface area contributed by atoms with Crippen LogP contribution in [0.1, 0.15) is 31.9 Å². The van der Waals surface area contributed by atoms with Crippen LogP contribution in [0.5, 0.6) is 0 Å². The van der Waals surface area contributed by atoms with Crippen LogP contribution in [0.15, 0.2) is 18.2 Å². The van der Waals surface area contributed by atoms with Crippen LogP contribution in [0.4, 0.5) is 10.5 Å². The molecule has 5 nitrogen and oxygen atoms in total. The summed E-state index contributed by atoms with van der Waals surface area (Å²) in [6.07, 6.45) is -0.486. The summed E-state index contributed by atoms with van der Waals surface area (Å²) in [5.41, 5.74) is 4.03. The second-order valence-electron chi connectivity index (χ2n) is 5.11. The molecule has 5 heteroatoms. The lowest BCUT2D eigenvalue weighted by Crippen LogP contribution is -2.27. The average molecular weight is 252 g/mol. The summed E-state index contributed by atoms with van der Waals surface area (Å²) < 4.78 is 5.18. The second-order valence-corrected chi connectivity index (χ2v) is 5.11. The lowest BCUT2D eigenvalue weighted by Gasteiger charge is -2.20. The predicted octanol–water partition coefficient (Wildman–Crippen LogP) is 2.82. The van der Waals surface area contributed by atoms with Crippen molar-refractivity contribution in [3.05, 3.63) is 29.3 Å². The molecule has 0 radical (unpaired) electrons. The highest BCUT2D eigenvalue weighted by atomic mass is 16.6. The third-order valence-electron chi connectivity index (χ3n) is 2.22. The molecule has 0 heterocycles. The fourth-order valence-corrected chi connectivity index (χ4v) is 1.42. The number of anilines is 1. The van der Waals surface area contributed by atoms with Crippen LogP contribution >= 0.6 is 0 Å². The Balaban J connectivity index is 2.77. The van der Waals surface area contributed by atoms with E-state index in [1.165, 1.54) is 0 Å². The maximum Gasteiger partial charge on any atom is 0.412 e. The van der Waals surface area contributed by atoms with Crippen molar-refractivity contribution in [2.24, 2.45) is 0 Å². The quantitative estimate of drug-likeness (QED) is 0.723. The largest absolute Gasteiger partial charge is 0.444 e. The van der Waals surface area contributed by atoms with Gasteiger partial charge < -0.3 is 9.94 Å². The Morgan fingerprint density at radius 3 is 2.61 bits per heavy atom. The van der Waals surface area contributed by atoms with Gasteiger partial charge in [-0.05, 0) is 44.9 Å². The highest BCUT2D eigenvalue weighted by molar-refractivity contribution is 5.86. The topological polar surface area (TPSA) is 70.6 Å². The zero-order valence-electron chi connectivity index (χ0n) is 11.2. The van der Waals surface area contributed by atoms with Crippen LogP contribution < -0.4 is 10.8 Å². The molecular formula is C13H20N2O3. The molecule has 100 valence electrons. The lowest BCUT2D eigenvalue weighted by molar-refractivity contribution is 0.0636. The van der Waals surface area contributed by atoms with Crippen LogP contribution in [-0.2, 0) is 11.3 Å². The molecule has 0 saturated carbocycles. The Hall–Kier alpha value is -1.59. The molecule has 0 fully saturated rings. The SMILES string of the molecule is Cc1ccc(CNO)cc1NC(=O)OC(C)(C)C. The van der Waals surface area contributed by atoms with Crippen molar-refractivity contribution >= 4 is 11.8 Å². The van der Waals surface area contributed by atoms with E-state index in [2.05, 4.69) is 10.8 Å². The maximum absolute atomic E-state index is 11.7. The molecule has 3 N–H and O–H groups in total. The van der Waals surface area contributed by atoms with E-state index in [1.807, 2.05) is 39.8 Å². The van der Waals surface area contributed by atoms with Crippen molar-refractivity contribution in [1.29, 1.82) is 0 Å². The van der Waals surface area contributed by atoms with Gasteiger partial charge in [-0.3, -0.25) is 5.32 Å². The first kappa shape index (κ1) is 14.5. The molecule has 0 aliphatic heterocycles. The number of hydroxylamine groups is 1. The monoisotopic (exact) mass is 252 g/mol. The van der Waals surface area contributed by atoms with Crippen LogP contribution in [0, 0.1) is 6.92 Å². The summed E-state index contributed by atoms with van der Waals surface area (Å²) in [5, 5.41) is 11.3. The van der Waals surface area contributed by atoms with Gasteiger partial charge in [0.15, 0.2) is 0 Å². The molecule has 0 atom stereocenters. The Kier molecular flexibility index (Phi) is 4.69. The minimum absolute atomic E-state index is 0.323. The first-order valence-electron chi connectivity index (χ1n) is 5.78. The van der Waals surface area contributed by atoms with Gasteiger partial charge in [0.25, 0.3) is 0 Å². The number of carbonyl (C=O) groups excluding carboxylic acids is 1. The zero-order chi connectivity index (χ0) is 13.8. The number of ether oxygens (including phenoxy) is 1. The fraction of sp³-hybridized carbons (Fsp3) is 0.462. The fourth-order valence-electron chi connectivity index (χ4n) is 1.42. The van der Waals surface area contributed by atoms with Crippen molar-refractivity contribution in [3.63, 3.8) is 0 Å². The standard InChI is InChI=1S/C13H20N2O3/c1-9-5-6-10(8-14-17)7-11(9)15-12(16)18-13(2,3)4/h5-7,14,17H,8H2,1-4H3,(H,15,16). The van der Waals surface area contributed by atoms with Crippen LogP contribution in [0.3, 0.4) is 0 Å². The van der Waals surface area contributed by atoms with Crippen LogP contribution in [-0.4, -0.2) is 16.9 Å². The Morgan fingerprint density at radius 1 is 1.39 bits per heavy atom. The summed E-state index contributed by atoms with van der Waals surface area (Å²) in [6.45, 7) is 7.65. The number of hydrogen-bond donors (Lipinski definition) is 3. The minimum Gasteiger partial charge on any atom is -0.444 e. The van der Waals surface area contributed by atoms with E-state index in [0.29, 0.717) is 12.2 Å². The molecule has 1 rings (SSSR count). The molecule has 1 aromatic carbocycles. The Labute approximate surface area is 107 Å². The average Bonchev–Trinajstić information content (AvgIpc) is 2.20. The van der Waals surface area contributed by atoms with E-state index >= 15 is 0 Å². The minimum atomic E-state index is -0.526. The summed E-state index contributed by atoms with van der Waals surface area (Å²) in [5.74, 6) is 0. The molecule has 0 aromatic heterocycles. The molecule has 0 saturated heterocycles. The number of aryl methyl sites for hydroxylation is 1. The van der Waals surface area contributed by atoms with Gasteiger partial charge in [0, 0.05) is 12.2 Å². The second kappa shape index (κ2) is 5.84. The van der Waals surface area contributed by atoms with Crippen molar-refractivity contribution in [1.82, 2.24) is 5.48 Å². The molecule has 0 aliphatic carbocycles. The highest BCUT2D eigenvalue weighted by Gasteiger charge is 2.16. The molecule has 0 spiro atoms. The molecule has 0 unspecified atom stereocenters. The first-order chi connectivity index (χ1) is 8.31. The van der Waals surface area contributed by atoms with Gasteiger partial charge in [-0.2, -0.15) is 0 Å². The van der Waals surface area contributed by atoms with Crippen LogP contribution in [0.2, 0.25) is 0 Å². The van der Waals surface area contributed by atoms with Crippen molar-refractivity contribution in [3.8, 4) is 0 Å². The normalized spacial score (nSPS) is 11.2. The molecule has 0 aliphatic rings. The van der Waals surface area contributed by atoms with E-state index in [9.17, 15) is 4.79 Å². The Morgan fingerprint density at radius 2 is 2.06 bits per heavy atom. The maximum atomic E-state index is 11.7. The number of benzene rings is 1. The lowest BCUT2D eigenvalue weighted by atomic mass is 10.1. The van der Waals surface area contributed by atoms with Crippen LogP contribution in [0.25, 0.3) is 0 Å². The summed E-state index contributed by atoms with van der Waals surface area (Å²) >= 11 is 0. The predicted molar refractivity (Wildman–Crippen MR) is 69.7 cm³/mol.